The molecule has 0 bridgehead atoms. The lowest BCUT2D eigenvalue weighted by Gasteiger charge is -2.38. The molecule has 4 atom stereocenters. The third kappa shape index (κ3) is 3.30. The van der Waals surface area contributed by atoms with E-state index in [0.29, 0.717) is 0 Å². The highest BCUT2D eigenvalue weighted by Gasteiger charge is 2.45. The Hall–Kier alpha value is -1.02. The van der Waals surface area contributed by atoms with E-state index in [-0.39, 0.29) is 6.61 Å². The van der Waals surface area contributed by atoms with Gasteiger partial charge < -0.3 is 29.9 Å². The highest BCUT2D eigenvalue weighted by Crippen LogP contribution is 2.27. The molecule has 0 spiro atoms. The van der Waals surface area contributed by atoms with Crippen LogP contribution in [0, 0.1) is 6.29 Å². The molecule has 1 aromatic rings. The largest absolute Gasteiger partial charge is 0.394 e. The second-order valence-corrected chi connectivity index (χ2v) is 4.38. The fourth-order valence-corrected chi connectivity index (χ4v) is 1.91. The van der Waals surface area contributed by atoms with Gasteiger partial charge in [-0.15, -0.1) is 0 Å². The molecule has 6 heteroatoms. The molecule has 4 N–H and O–H groups in total. The number of benzene rings is 1. The van der Waals surface area contributed by atoms with Crippen molar-refractivity contribution < 1.29 is 29.9 Å². The van der Waals surface area contributed by atoms with E-state index in [2.05, 4.69) is 0 Å². The van der Waals surface area contributed by atoms with Crippen LogP contribution in [0.15, 0.2) is 30.3 Å². The van der Waals surface area contributed by atoms with Crippen LogP contribution in [0.1, 0.15) is 5.56 Å². The highest BCUT2D eigenvalue weighted by atomic mass is 16.7. The molecule has 0 amide bonds. The monoisotopic (exact) mass is 269 g/mol. The van der Waals surface area contributed by atoms with Gasteiger partial charge in [0.15, 0.2) is 0 Å². The first-order valence-corrected chi connectivity index (χ1v) is 5.98. The highest BCUT2D eigenvalue weighted by molar-refractivity contribution is 5.13. The Morgan fingerprint density at radius 3 is 2.42 bits per heavy atom. The lowest BCUT2D eigenvalue weighted by atomic mass is 9.99. The number of ether oxygens (including phenoxy) is 2. The van der Waals surface area contributed by atoms with E-state index in [0.717, 1.165) is 5.56 Å². The first-order chi connectivity index (χ1) is 9.13. The molecule has 0 saturated carbocycles. The molecule has 0 aromatic heterocycles. The van der Waals surface area contributed by atoms with E-state index in [1.54, 1.807) is 0 Å². The minimum Gasteiger partial charge on any atom is -0.394 e. The molecule has 2 rings (SSSR count). The fourth-order valence-electron chi connectivity index (χ4n) is 1.91. The van der Waals surface area contributed by atoms with Crippen LogP contribution in [0.3, 0.4) is 0 Å². The van der Waals surface area contributed by atoms with Crippen LogP contribution in [0.5, 0.6) is 0 Å². The van der Waals surface area contributed by atoms with Gasteiger partial charge >= 0.3 is 0 Å². The minimum atomic E-state index is -1.35. The minimum absolute atomic E-state index is 0.159. The van der Waals surface area contributed by atoms with Crippen molar-refractivity contribution in [2.45, 2.75) is 31.0 Å². The van der Waals surface area contributed by atoms with Crippen molar-refractivity contribution in [2.75, 3.05) is 6.61 Å². The first-order valence-electron chi connectivity index (χ1n) is 5.98. The summed E-state index contributed by atoms with van der Waals surface area (Å²) < 4.78 is 10.3. The van der Waals surface area contributed by atoms with Crippen LogP contribution in [-0.2, 0) is 16.1 Å². The summed E-state index contributed by atoms with van der Waals surface area (Å²) in [5.74, 6) is 0. The Kier molecular flexibility index (Phi) is 4.87. The van der Waals surface area contributed by atoms with Crippen molar-refractivity contribution in [3.8, 4) is 0 Å². The van der Waals surface area contributed by atoms with Crippen LogP contribution in [0.25, 0.3) is 0 Å². The van der Waals surface area contributed by atoms with Gasteiger partial charge in [0.25, 0.3) is 6.29 Å². The Balaban J connectivity index is 1.96. The van der Waals surface area contributed by atoms with Crippen molar-refractivity contribution in [3.63, 3.8) is 0 Å². The molecule has 1 aromatic carbocycles. The molecule has 105 valence electrons. The Bertz CT molecular complexity index is 384. The smallest absolute Gasteiger partial charge is 0.254 e. The Labute approximate surface area is 110 Å². The molecular weight excluding hydrogens is 252 g/mol. The predicted octanol–water partition coefficient (Wildman–Crippen LogP) is -0.453. The van der Waals surface area contributed by atoms with Gasteiger partial charge in [-0.05, 0) is 5.56 Å². The molecule has 1 aliphatic rings. The summed E-state index contributed by atoms with van der Waals surface area (Å²) in [7, 11) is 0. The quantitative estimate of drug-likeness (QED) is 0.590. The summed E-state index contributed by atoms with van der Waals surface area (Å²) >= 11 is 0. The Morgan fingerprint density at radius 1 is 1.11 bits per heavy atom. The van der Waals surface area contributed by atoms with Crippen LogP contribution in [0.4, 0.5) is 0 Å². The van der Waals surface area contributed by atoms with Crippen LogP contribution < -0.4 is 0 Å². The molecule has 0 unspecified atom stereocenters. The maximum absolute atomic E-state index is 9.84. The average molecular weight is 269 g/mol. The molecule has 1 aliphatic heterocycles. The van der Waals surface area contributed by atoms with E-state index in [4.69, 9.17) is 14.6 Å². The van der Waals surface area contributed by atoms with Crippen molar-refractivity contribution in [1.29, 1.82) is 0 Å². The second kappa shape index (κ2) is 6.42. The van der Waals surface area contributed by atoms with Crippen LogP contribution >= 0.6 is 0 Å². The van der Waals surface area contributed by atoms with Crippen LogP contribution in [0.2, 0.25) is 0 Å². The average Bonchev–Trinajstić information content (AvgIpc) is 2.44. The third-order valence-electron chi connectivity index (χ3n) is 3.01. The zero-order valence-corrected chi connectivity index (χ0v) is 10.2. The molecule has 0 aliphatic carbocycles. The normalized spacial score (nSPS) is 32.4. The maximum atomic E-state index is 9.84. The molecule has 1 radical (unpaired) electrons. The van der Waals surface area contributed by atoms with E-state index in [1.165, 1.54) is 0 Å². The van der Waals surface area contributed by atoms with Crippen molar-refractivity contribution >= 4 is 0 Å². The van der Waals surface area contributed by atoms with Gasteiger partial charge in [-0.25, -0.2) is 0 Å². The Morgan fingerprint density at radius 2 is 1.79 bits per heavy atom. The van der Waals surface area contributed by atoms with E-state index in [9.17, 15) is 15.3 Å². The molecule has 1 fully saturated rings. The zero-order chi connectivity index (χ0) is 13.8. The van der Waals surface area contributed by atoms with Crippen LogP contribution in [-0.4, -0.2) is 51.4 Å². The van der Waals surface area contributed by atoms with Gasteiger partial charge in [0.05, 0.1) is 13.2 Å². The SMILES string of the molecule is OC[C@H]1O[C](O)[C@H](OCc2ccccc2)[C@@H](O)[C@@H]1O. The fraction of sp³-hybridized carbons (Fsp3) is 0.462. The van der Waals surface area contributed by atoms with Gasteiger partial charge in [0.2, 0.25) is 0 Å². The number of hydrogen-bond acceptors (Lipinski definition) is 6. The zero-order valence-electron chi connectivity index (χ0n) is 10.2. The van der Waals surface area contributed by atoms with Gasteiger partial charge in [-0.2, -0.15) is 0 Å². The molecular formula is C13H17O6. The summed E-state index contributed by atoms with van der Waals surface area (Å²) in [4.78, 5) is 0. The number of rotatable bonds is 4. The van der Waals surface area contributed by atoms with Gasteiger partial charge in [-0.1, -0.05) is 30.3 Å². The van der Waals surface area contributed by atoms with Gasteiger partial charge in [0.1, 0.15) is 24.4 Å². The van der Waals surface area contributed by atoms with Gasteiger partial charge in [0, 0.05) is 0 Å². The van der Waals surface area contributed by atoms with E-state index < -0.39 is 37.3 Å². The number of hydrogen-bond donors (Lipinski definition) is 4. The summed E-state index contributed by atoms with van der Waals surface area (Å²) in [5.41, 5.74) is 0.862. The maximum Gasteiger partial charge on any atom is 0.254 e. The van der Waals surface area contributed by atoms with E-state index in [1.807, 2.05) is 30.3 Å². The van der Waals surface area contributed by atoms with Crippen molar-refractivity contribution in [2.24, 2.45) is 0 Å². The van der Waals surface area contributed by atoms with Gasteiger partial charge in [-0.3, -0.25) is 0 Å². The second-order valence-electron chi connectivity index (χ2n) is 4.38. The molecule has 19 heavy (non-hydrogen) atoms. The first kappa shape index (κ1) is 14.4. The lowest BCUT2D eigenvalue weighted by molar-refractivity contribution is -0.244. The predicted molar refractivity (Wildman–Crippen MR) is 64.2 cm³/mol. The lowest BCUT2D eigenvalue weighted by Crippen LogP contribution is -2.56. The van der Waals surface area contributed by atoms with Crippen molar-refractivity contribution in [3.05, 3.63) is 42.2 Å². The molecule has 1 saturated heterocycles. The third-order valence-corrected chi connectivity index (χ3v) is 3.01. The topological polar surface area (TPSA) is 99.4 Å². The standard InChI is InChI=1S/C13H17O6/c14-6-9-10(15)11(16)12(13(17)19-9)18-7-8-4-2-1-3-5-8/h1-5,9-12,14-17H,6-7H2/t9-,10-,11+,12-/m1/s1. The summed E-state index contributed by atoms with van der Waals surface area (Å²) in [6.07, 6.45) is -5.39. The summed E-state index contributed by atoms with van der Waals surface area (Å²) in [6, 6.07) is 9.21. The summed E-state index contributed by atoms with van der Waals surface area (Å²) in [6.45, 7) is -0.347. The van der Waals surface area contributed by atoms with Crippen molar-refractivity contribution in [1.82, 2.24) is 0 Å². The summed E-state index contributed by atoms with van der Waals surface area (Å²) in [5, 5.41) is 38.1. The molecule has 1 heterocycles. The van der Waals surface area contributed by atoms with E-state index >= 15 is 0 Å². The number of aliphatic hydroxyl groups excluding tert-OH is 4. The molecule has 6 nitrogen and oxygen atoms in total. The number of aliphatic hydroxyl groups is 4.